The highest BCUT2D eigenvalue weighted by Gasteiger charge is 2.19. The van der Waals surface area contributed by atoms with Crippen molar-refractivity contribution in [1.29, 1.82) is 0 Å². The Kier molecular flexibility index (Phi) is 40.4. The second-order valence-corrected chi connectivity index (χ2v) is 16.2. The van der Waals surface area contributed by atoms with Gasteiger partial charge in [-0.2, -0.15) is 0 Å². The standard InChI is InChI=1S/C47H88N2O7/c1-3-5-7-9-11-13-15-17-18-19-20-22-24-26-31-35-39-46(53)56-42(36-32-28-25-23-21-16-14-12-10-8-6-4-2)37-33-29-27-30-34-38-44(51)48-40-45(52)49-43(41-50)47(54)55/h18-19,42-43,50H,3-17,20-41H2,1-2H3,(H,48,51)(H,49,52)(H,54,55)/b19-18-. The molecular weight excluding hydrogens is 705 g/mol. The molecule has 0 aromatic rings. The van der Waals surface area contributed by atoms with Crippen molar-refractivity contribution in [3.63, 3.8) is 0 Å². The molecule has 0 spiro atoms. The Bertz CT molecular complexity index is 957. The van der Waals surface area contributed by atoms with Gasteiger partial charge in [0, 0.05) is 12.8 Å². The van der Waals surface area contributed by atoms with Crippen LogP contribution >= 0.6 is 0 Å². The topological polar surface area (TPSA) is 142 Å². The zero-order valence-electron chi connectivity index (χ0n) is 36.4. The van der Waals surface area contributed by atoms with E-state index < -0.39 is 24.5 Å². The third kappa shape index (κ3) is 38.5. The van der Waals surface area contributed by atoms with Crippen molar-refractivity contribution >= 4 is 23.8 Å². The number of hydrogen-bond acceptors (Lipinski definition) is 6. The summed E-state index contributed by atoms with van der Waals surface area (Å²) in [6, 6.07) is -1.38. The lowest BCUT2D eigenvalue weighted by Gasteiger charge is -2.18. The molecule has 0 rings (SSSR count). The fraction of sp³-hybridized carbons (Fsp3) is 0.872. The van der Waals surface area contributed by atoms with Crippen LogP contribution in [0, 0.1) is 0 Å². The van der Waals surface area contributed by atoms with E-state index in [1.54, 1.807) is 0 Å². The Morgan fingerprint density at radius 2 is 0.911 bits per heavy atom. The van der Waals surface area contributed by atoms with E-state index in [4.69, 9.17) is 14.9 Å². The number of carbonyl (C=O) groups is 4. The van der Waals surface area contributed by atoms with Gasteiger partial charge < -0.3 is 25.6 Å². The molecule has 4 N–H and O–H groups in total. The molecule has 0 aromatic heterocycles. The average molecular weight is 793 g/mol. The molecule has 0 radical (unpaired) electrons. The number of hydrogen-bond donors (Lipinski definition) is 4. The molecule has 0 aliphatic carbocycles. The van der Waals surface area contributed by atoms with Crippen LogP contribution in [0.2, 0.25) is 0 Å². The number of carboxylic acids is 1. The van der Waals surface area contributed by atoms with E-state index in [9.17, 15) is 19.2 Å². The van der Waals surface area contributed by atoms with Gasteiger partial charge in [0.05, 0.1) is 13.2 Å². The highest BCUT2D eigenvalue weighted by molar-refractivity contribution is 5.87. The van der Waals surface area contributed by atoms with Gasteiger partial charge in [-0.15, -0.1) is 0 Å². The Hall–Kier alpha value is -2.42. The van der Waals surface area contributed by atoms with Crippen LogP contribution in [0.5, 0.6) is 0 Å². The minimum atomic E-state index is -1.38. The van der Waals surface area contributed by atoms with Gasteiger partial charge in [-0.3, -0.25) is 14.4 Å². The predicted molar refractivity (Wildman–Crippen MR) is 232 cm³/mol. The van der Waals surface area contributed by atoms with Crippen molar-refractivity contribution in [1.82, 2.24) is 10.6 Å². The largest absolute Gasteiger partial charge is 0.480 e. The number of aliphatic hydroxyl groups excluding tert-OH is 1. The van der Waals surface area contributed by atoms with Gasteiger partial charge in [0.2, 0.25) is 11.8 Å². The maximum atomic E-state index is 12.8. The summed E-state index contributed by atoms with van der Waals surface area (Å²) < 4.78 is 6.04. The SMILES string of the molecule is CCCCCCCCC/C=C\CCCCCCCC(=O)OC(CCCCCCCCCCCCCC)CCCCCCCC(=O)NCC(=O)NC(CO)C(=O)O. The number of aliphatic carboxylic acids is 1. The van der Waals surface area contributed by atoms with Crippen molar-refractivity contribution in [2.45, 2.75) is 251 Å². The van der Waals surface area contributed by atoms with E-state index in [1.165, 1.54) is 148 Å². The lowest BCUT2D eigenvalue weighted by molar-refractivity contribution is -0.150. The van der Waals surface area contributed by atoms with E-state index in [0.717, 1.165) is 57.8 Å². The van der Waals surface area contributed by atoms with E-state index in [0.29, 0.717) is 19.3 Å². The molecule has 0 aliphatic heterocycles. The molecule has 9 heteroatoms. The van der Waals surface area contributed by atoms with Crippen molar-refractivity contribution in [2.75, 3.05) is 13.2 Å². The normalized spacial score (nSPS) is 12.5. The van der Waals surface area contributed by atoms with Crippen LogP contribution in [0.25, 0.3) is 0 Å². The smallest absolute Gasteiger partial charge is 0.328 e. The molecule has 0 bridgehead atoms. The molecule has 0 fully saturated rings. The first-order valence-electron chi connectivity index (χ1n) is 23.6. The molecule has 2 unspecified atom stereocenters. The first-order valence-corrected chi connectivity index (χ1v) is 23.6. The number of unbranched alkanes of at least 4 members (excludes halogenated alkanes) is 27. The predicted octanol–water partition coefficient (Wildman–Crippen LogP) is 11.8. The summed E-state index contributed by atoms with van der Waals surface area (Å²) in [7, 11) is 0. The van der Waals surface area contributed by atoms with Crippen LogP contribution in [-0.2, 0) is 23.9 Å². The number of esters is 1. The highest BCUT2D eigenvalue weighted by atomic mass is 16.5. The molecule has 2 amide bonds. The zero-order valence-corrected chi connectivity index (χ0v) is 36.4. The maximum absolute atomic E-state index is 12.8. The first-order chi connectivity index (χ1) is 27.3. The number of amides is 2. The Morgan fingerprint density at radius 3 is 1.34 bits per heavy atom. The average Bonchev–Trinajstić information content (AvgIpc) is 3.18. The number of carboxylic acid groups (broad SMARTS) is 1. The minimum Gasteiger partial charge on any atom is -0.480 e. The van der Waals surface area contributed by atoms with Gasteiger partial charge in [-0.05, 0) is 64.2 Å². The van der Waals surface area contributed by atoms with E-state index in [1.807, 2.05) is 0 Å². The van der Waals surface area contributed by atoms with Crippen LogP contribution < -0.4 is 10.6 Å². The van der Waals surface area contributed by atoms with E-state index in [2.05, 4.69) is 36.6 Å². The highest BCUT2D eigenvalue weighted by Crippen LogP contribution is 2.19. The zero-order chi connectivity index (χ0) is 41.2. The van der Waals surface area contributed by atoms with Crippen LogP contribution in [0.4, 0.5) is 0 Å². The fourth-order valence-corrected chi connectivity index (χ4v) is 7.12. The number of carbonyl (C=O) groups excluding carboxylic acids is 3. The minimum absolute atomic E-state index is 0.0121. The Labute approximate surface area is 343 Å². The Morgan fingerprint density at radius 1 is 0.518 bits per heavy atom. The van der Waals surface area contributed by atoms with Crippen molar-refractivity contribution in [2.24, 2.45) is 0 Å². The van der Waals surface area contributed by atoms with Crippen LogP contribution in [0.3, 0.4) is 0 Å². The summed E-state index contributed by atoms with van der Waals surface area (Å²) in [6.45, 7) is 3.50. The molecule has 0 saturated carbocycles. The number of ether oxygens (including phenoxy) is 1. The second kappa shape index (κ2) is 42.2. The van der Waals surface area contributed by atoms with Crippen LogP contribution in [-0.4, -0.2) is 59.3 Å². The van der Waals surface area contributed by atoms with E-state index >= 15 is 0 Å². The third-order valence-electron chi connectivity index (χ3n) is 10.8. The summed E-state index contributed by atoms with van der Waals surface area (Å²) in [5.74, 6) is -2.28. The maximum Gasteiger partial charge on any atom is 0.328 e. The van der Waals surface area contributed by atoms with Crippen molar-refractivity contribution in [3.05, 3.63) is 12.2 Å². The van der Waals surface area contributed by atoms with E-state index in [-0.39, 0.29) is 24.5 Å². The molecule has 0 aromatic carbocycles. The lowest BCUT2D eigenvalue weighted by atomic mass is 10.0. The molecule has 0 saturated heterocycles. The number of aliphatic hydroxyl groups is 1. The van der Waals surface area contributed by atoms with Gasteiger partial charge in [0.1, 0.15) is 12.1 Å². The molecule has 2 atom stereocenters. The van der Waals surface area contributed by atoms with Gasteiger partial charge in [-0.1, -0.05) is 174 Å². The summed E-state index contributed by atoms with van der Waals surface area (Å²) in [6.07, 6.45) is 45.2. The number of rotatable bonds is 43. The van der Waals surface area contributed by atoms with Gasteiger partial charge in [-0.25, -0.2) is 4.79 Å². The summed E-state index contributed by atoms with van der Waals surface area (Å²) in [5.41, 5.74) is 0. The quantitative estimate of drug-likeness (QED) is 0.0273. The molecule has 9 nitrogen and oxygen atoms in total. The molecule has 0 aliphatic rings. The molecular formula is C47H88N2O7. The van der Waals surface area contributed by atoms with Crippen molar-refractivity contribution < 1.29 is 34.1 Å². The third-order valence-corrected chi connectivity index (χ3v) is 10.8. The summed E-state index contributed by atoms with van der Waals surface area (Å²) >= 11 is 0. The molecule has 328 valence electrons. The number of allylic oxidation sites excluding steroid dienone is 2. The first kappa shape index (κ1) is 53.6. The van der Waals surface area contributed by atoms with Crippen LogP contribution in [0.15, 0.2) is 12.2 Å². The lowest BCUT2D eigenvalue weighted by Crippen LogP contribution is -2.47. The van der Waals surface area contributed by atoms with Crippen LogP contribution in [0.1, 0.15) is 239 Å². The Balaban J connectivity index is 4.28. The summed E-state index contributed by atoms with van der Waals surface area (Å²) in [5, 5.41) is 22.6. The van der Waals surface area contributed by atoms with Crippen molar-refractivity contribution in [3.8, 4) is 0 Å². The number of nitrogens with one attached hydrogen (secondary N) is 2. The monoisotopic (exact) mass is 793 g/mol. The fourth-order valence-electron chi connectivity index (χ4n) is 7.12. The summed E-state index contributed by atoms with van der Waals surface area (Å²) in [4.78, 5) is 47.6. The van der Waals surface area contributed by atoms with Gasteiger partial charge in [0.15, 0.2) is 0 Å². The van der Waals surface area contributed by atoms with Gasteiger partial charge >= 0.3 is 11.9 Å². The molecule has 0 heterocycles. The molecule has 56 heavy (non-hydrogen) atoms. The van der Waals surface area contributed by atoms with Gasteiger partial charge in [0.25, 0.3) is 0 Å². The second-order valence-electron chi connectivity index (χ2n) is 16.2.